The number of ether oxygens (including phenoxy) is 2. The molecule has 1 atom stereocenters. The minimum absolute atomic E-state index is 0.0273. The Bertz CT molecular complexity index is 1860. The van der Waals surface area contributed by atoms with Crippen molar-refractivity contribution in [2.24, 2.45) is 0 Å². The number of nitrogen functional groups attached to an aromatic ring is 1. The van der Waals surface area contributed by atoms with Gasteiger partial charge in [-0.1, -0.05) is 42.1 Å². The fraction of sp³-hybridized carbons (Fsp3) is 0.433. The van der Waals surface area contributed by atoms with E-state index in [9.17, 15) is 19.2 Å². The Balaban J connectivity index is 1.33. The van der Waals surface area contributed by atoms with Gasteiger partial charge in [-0.3, -0.25) is 28.5 Å². The number of carbonyl (C=O) groups excluding carboxylic acids is 1. The summed E-state index contributed by atoms with van der Waals surface area (Å²) in [6, 6.07) is 9.20. The number of nitrogens with two attached hydrogens (primary N) is 1. The molecule has 12 nitrogen and oxygen atoms in total. The molecule has 1 aromatic carbocycles. The summed E-state index contributed by atoms with van der Waals surface area (Å²) in [5.41, 5.74) is 6.64. The van der Waals surface area contributed by atoms with Gasteiger partial charge in [-0.2, -0.15) is 0 Å². The number of nitrogens with zero attached hydrogens (tertiary/aromatic N) is 4. The average molecular weight is 639 g/mol. The van der Waals surface area contributed by atoms with Crippen LogP contribution in [0.1, 0.15) is 35.3 Å². The number of benzene rings is 1. The van der Waals surface area contributed by atoms with E-state index >= 15 is 0 Å². The van der Waals surface area contributed by atoms with Crippen molar-refractivity contribution in [1.29, 1.82) is 0 Å². The molecule has 1 aliphatic heterocycles. The van der Waals surface area contributed by atoms with Crippen molar-refractivity contribution >= 4 is 50.7 Å². The van der Waals surface area contributed by atoms with Gasteiger partial charge < -0.3 is 20.1 Å². The first kappa shape index (κ1) is 30.3. The molecular weight excluding hydrogens is 605 g/mol. The molecule has 14 heteroatoms. The number of anilines is 2. The fourth-order valence-corrected chi connectivity index (χ4v) is 8.02. The zero-order valence-corrected chi connectivity index (χ0v) is 26.0. The van der Waals surface area contributed by atoms with E-state index in [-0.39, 0.29) is 48.6 Å². The Labute approximate surface area is 260 Å². The molecule has 6 rings (SSSR count). The lowest BCUT2D eigenvalue weighted by Crippen LogP contribution is -2.43. The summed E-state index contributed by atoms with van der Waals surface area (Å²) in [7, 11) is 1.49. The van der Waals surface area contributed by atoms with E-state index in [4.69, 9.17) is 20.2 Å². The summed E-state index contributed by atoms with van der Waals surface area (Å²) in [5.74, 6) is -0.699. The van der Waals surface area contributed by atoms with E-state index in [0.717, 1.165) is 55.0 Å². The lowest BCUT2D eigenvalue weighted by molar-refractivity contribution is -0.116. The monoisotopic (exact) mass is 638 g/mol. The molecule has 3 N–H and O–H groups in total. The third-order valence-electron chi connectivity index (χ3n) is 8.01. The van der Waals surface area contributed by atoms with Crippen molar-refractivity contribution in [3.63, 3.8) is 0 Å². The van der Waals surface area contributed by atoms with Gasteiger partial charge in [-0.05, 0) is 43.2 Å². The van der Waals surface area contributed by atoms with Crippen LogP contribution in [0.25, 0.3) is 10.2 Å². The normalized spacial score (nSPS) is 16.1. The molecule has 4 heterocycles. The van der Waals surface area contributed by atoms with Gasteiger partial charge in [0.05, 0.1) is 36.9 Å². The smallest absolute Gasteiger partial charge is 0.330 e. The van der Waals surface area contributed by atoms with Gasteiger partial charge >= 0.3 is 5.69 Å². The van der Waals surface area contributed by atoms with Gasteiger partial charge in [0.15, 0.2) is 10.8 Å². The zero-order valence-electron chi connectivity index (χ0n) is 24.4. The molecule has 0 saturated carbocycles. The summed E-state index contributed by atoms with van der Waals surface area (Å²) in [4.78, 5) is 63.8. The number of aryl methyl sites for hydroxylation is 2. The van der Waals surface area contributed by atoms with E-state index in [0.29, 0.717) is 28.5 Å². The number of H-pyrrole nitrogens is 1. The van der Waals surface area contributed by atoms with E-state index < -0.39 is 17.2 Å². The number of nitrogens with one attached hydrogen (secondary N) is 1. The summed E-state index contributed by atoms with van der Waals surface area (Å²) in [6.45, 7) is 1.27. The Hall–Kier alpha value is -3.72. The van der Waals surface area contributed by atoms with E-state index in [1.54, 1.807) is 15.9 Å². The molecular formula is C30H34N6O6S2. The molecule has 44 heavy (non-hydrogen) atoms. The highest BCUT2D eigenvalue weighted by molar-refractivity contribution is 7.99. The van der Waals surface area contributed by atoms with Crippen molar-refractivity contribution in [2.75, 3.05) is 43.3 Å². The van der Waals surface area contributed by atoms with Gasteiger partial charge in [-0.25, -0.2) is 9.78 Å². The van der Waals surface area contributed by atoms with Crippen LogP contribution in [0, 0.1) is 0 Å². The highest BCUT2D eigenvalue weighted by atomic mass is 32.2. The van der Waals surface area contributed by atoms with Gasteiger partial charge in [0.25, 0.3) is 11.1 Å². The molecule has 4 aromatic rings. The number of aromatic nitrogens is 4. The third-order valence-corrected chi connectivity index (χ3v) is 10.2. The van der Waals surface area contributed by atoms with Crippen LogP contribution in [0.2, 0.25) is 0 Å². The Morgan fingerprint density at radius 3 is 2.77 bits per heavy atom. The molecule has 0 radical (unpaired) electrons. The number of hydrogen-bond donors (Lipinski definition) is 2. The Morgan fingerprint density at radius 1 is 1.20 bits per heavy atom. The molecule has 232 valence electrons. The van der Waals surface area contributed by atoms with Crippen molar-refractivity contribution in [1.82, 2.24) is 19.1 Å². The highest BCUT2D eigenvalue weighted by Gasteiger charge is 2.28. The minimum Gasteiger partial charge on any atom is -0.383 e. The number of fused-ring (bicyclic) bond motifs is 3. The second kappa shape index (κ2) is 13.1. The third kappa shape index (κ3) is 5.99. The largest absolute Gasteiger partial charge is 0.383 e. The van der Waals surface area contributed by atoms with Crippen LogP contribution < -0.4 is 27.4 Å². The van der Waals surface area contributed by atoms with Gasteiger partial charge in [-0.15, -0.1) is 11.3 Å². The van der Waals surface area contributed by atoms with Crippen LogP contribution in [-0.2, 0) is 40.2 Å². The predicted molar refractivity (Wildman–Crippen MR) is 171 cm³/mol. The second-order valence-corrected chi connectivity index (χ2v) is 12.9. The summed E-state index contributed by atoms with van der Waals surface area (Å²) in [5, 5.41) is 1.10. The van der Waals surface area contributed by atoms with Gasteiger partial charge in [0.1, 0.15) is 10.6 Å². The van der Waals surface area contributed by atoms with Gasteiger partial charge in [0, 0.05) is 25.1 Å². The lowest BCUT2D eigenvalue weighted by Gasteiger charge is -2.24. The lowest BCUT2D eigenvalue weighted by atomic mass is 10.2. The number of amides is 1. The maximum Gasteiger partial charge on any atom is 0.330 e. The van der Waals surface area contributed by atoms with Crippen LogP contribution in [-0.4, -0.2) is 63.7 Å². The predicted octanol–water partition coefficient (Wildman–Crippen LogP) is 2.38. The summed E-state index contributed by atoms with van der Waals surface area (Å²) in [6.07, 6.45) is 4.52. The molecule has 1 unspecified atom stereocenters. The topological polar surface area (TPSA) is 155 Å². The molecule has 1 saturated heterocycles. The van der Waals surface area contributed by atoms with Crippen molar-refractivity contribution in [2.45, 2.75) is 56.5 Å². The maximum atomic E-state index is 13.9. The van der Waals surface area contributed by atoms with Crippen LogP contribution in [0.3, 0.4) is 0 Å². The van der Waals surface area contributed by atoms with Crippen molar-refractivity contribution in [3.05, 3.63) is 77.5 Å². The van der Waals surface area contributed by atoms with E-state index in [1.165, 1.54) is 21.5 Å². The van der Waals surface area contributed by atoms with E-state index in [2.05, 4.69) is 4.98 Å². The standard InChI is InChI=1S/C30H34N6O6S2/c1-41-14-12-34(24-25(31)35(29(40)32-26(24)38)15-18-7-3-2-4-8-18)22(37)17-43-30-33-27-23(20-10-5-11-21(20)44-27)28(39)36(30)16-19-9-6-13-42-19/h2-4,7-8,19H,5-6,9-17,31H2,1H3,(H,32,38,40). The maximum absolute atomic E-state index is 13.9. The molecule has 0 spiro atoms. The summed E-state index contributed by atoms with van der Waals surface area (Å²) >= 11 is 2.68. The van der Waals surface area contributed by atoms with E-state index in [1.807, 2.05) is 30.3 Å². The first-order valence-electron chi connectivity index (χ1n) is 14.6. The second-order valence-electron chi connectivity index (χ2n) is 10.9. The quantitative estimate of drug-likeness (QED) is 0.186. The molecule has 0 bridgehead atoms. The molecule has 3 aromatic heterocycles. The zero-order chi connectivity index (χ0) is 30.8. The average Bonchev–Trinajstić information content (AvgIpc) is 3.76. The Morgan fingerprint density at radius 2 is 2.02 bits per heavy atom. The first-order valence-corrected chi connectivity index (χ1v) is 16.4. The summed E-state index contributed by atoms with van der Waals surface area (Å²) < 4.78 is 14.0. The van der Waals surface area contributed by atoms with Gasteiger partial charge in [0.2, 0.25) is 5.91 Å². The fourth-order valence-electron chi connectivity index (χ4n) is 5.83. The minimum atomic E-state index is -0.769. The highest BCUT2D eigenvalue weighted by Crippen LogP contribution is 2.36. The molecule has 1 amide bonds. The molecule has 1 aliphatic carbocycles. The van der Waals surface area contributed by atoms with Crippen LogP contribution in [0.15, 0.2) is 49.9 Å². The van der Waals surface area contributed by atoms with Crippen molar-refractivity contribution in [3.8, 4) is 0 Å². The first-order chi connectivity index (χ1) is 21.4. The number of rotatable bonds is 11. The van der Waals surface area contributed by atoms with Crippen LogP contribution in [0.4, 0.5) is 11.5 Å². The van der Waals surface area contributed by atoms with Crippen LogP contribution in [0.5, 0.6) is 0 Å². The number of aromatic amines is 1. The number of thioether (sulfide) groups is 1. The SMILES string of the molecule is COCCN(C(=O)CSc1nc2sc3c(c2c(=O)n1CC1CCCO1)CCC3)c1c(N)n(Cc2ccccc2)c(=O)[nH]c1=O. The number of methoxy groups -OCH3 is 1. The molecule has 2 aliphatic rings. The van der Waals surface area contributed by atoms with Crippen LogP contribution >= 0.6 is 23.1 Å². The number of carbonyl (C=O) groups is 1. The number of hydrogen-bond acceptors (Lipinski definition) is 10. The number of thiophene rings is 1. The Kier molecular flexibility index (Phi) is 9.03. The van der Waals surface area contributed by atoms with Crippen molar-refractivity contribution < 1.29 is 14.3 Å². The molecule has 1 fully saturated rings.